The summed E-state index contributed by atoms with van der Waals surface area (Å²) < 4.78 is 5.33. The number of hydrogen-bond donors (Lipinski definition) is 2. The molecule has 5 nitrogen and oxygen atoms in total. The molecular weight excluding hydrogens is 254 g/mol. The summed E-state index contributed by atoms with van der Waals surface area (Å²) in [7, 11) is 4.09. The predicted octanol–water partition coefficient (Wildman–Crippen LogP) is 1.77. The molecule has 114 valence electrons. The largest absolute Gasteiger partial charge is 0.508 e. The maximum absolute atomic E-state index is 9.52. The van der Waals surface area contributed by atoms with E-state index in [1.165, 1.54) is 0 Å². The van der Waals surface area contributed by atoms with Crippen LogP contribution in [0.3, 0.4) is 0 Å². The van der Waals surface area contributed by atoms with Crippen molar-refractivity contribution in [2.24, 2.45) is 0 Å². The van der Waals surface area contributed by atoms with E-state index in [0.717, 1.165) is 45.0 Å². The molecule has 0 aliphatic rings. The number of aromatic hydroxyl groups is 1. The van der Waals surface area contributed by atoms with Gasteiger partial charge in [0.15, 0.2) is 0 Å². The van der Waals surface area contributed by atoms with Crippen molar-refractivity contribution in [2.45, 2.75) is 13.3 Å². The van der Waals surface area contributed by atoms with E-state index in [0.29, 0.717) is 5.69 Å². The second kappa shape index (κ2) is 8.66. The number of hydrogen-bond acceptors (Lipinski definition) is 5. The second-order valence-corrected chi connectivity index (χ2v) is 5.02. The van der Waals surface area contributed by atoms with Gasteiger partial charge < -0.3 is 25.4 Å². The van der Waals surface area contributed by atoms with Crippen molar-refractivity contribution < 1.29 is 9.84 Å². The summed E-state index contributed by atoms with van der Waals surface area (Å²) in [4.78, 5) is 4.33. The summed E-state index contributed by atoms with van der Waals surface area (Å²) in [6.45, 7) is 6.42. The predicted molar refractivity (Wildman–Crippen MR) is 84.4 cm³/mol. The topological polar surface area (TPSA) is 62.0 Å². The molecule has 1 rings (SSSR count). The lowest BCUT2D eigenvalue weighted by molar-refractivity contribution is 0.122. The molecule has 0 aliphatic heterocycles. The minimum Gasteiger partial charge on any atom is -0.508 e. The Morgan fingerprint density at radius 2 is 1.95 bits per heavy atom. The number of ether oxygens (including phenoxy) is 1. The molecule has 0 aromatic heterocycles. The number of nitrogen functional groups attached to an aromatic ring is 1. The van der Waals surface area contributed by atoms with Crippen molar-refractivity contribution in [3.63, 3.8) is 0 Å². The van der Waals surface area contributed by atoms with E-state index in [-0.39, 0.29) is 5.75 Å². The molecule has 0 fully saturated rings. The summed E-state index contributed by atoms with van der Waals surface area (Å²) in [6.07, 6.45) is 1.04. The third-order valence-electron chi connectivity index (χ3n) is 3.28. The minimum atomic E-state index is 0.245. The second-order valence-electron chi connectivity index (χ2n) is 5.02. The van der Waals surface area contributed by atoms with Crippen LogP contribution in [0.25, 0.3) is 0 Å². The molecule has 0 spiro atoms. The van der Waals surface area contributed by atoms with Crippen LogP contribution in [0.1, 0.15) is 13.3 Å². The van der Waals surface area contributed by atoms with E-state index < -0.39 is 0 Å². The number of anilines is 2. The van der Waals surface area contributed by atoms with Gasteiger partial charge in [0.2, 0.25) is 0 Å². The fraction of sp³-hybridized carbons (Fsp3) is 0.600. The lowest BCUT2D eigenvalue weighted by Crippen LogP contribution is -2.28. The average molecular weight is 281 g/mol. The zero-order valence-corrected chi connectivity index (χ0v) is 12.8. The van der Waals surface area contributed by atoms with Crippen LogP contribution in [0.5, 0.6) is 5.75 Å². The smallest absolute Gasteiger partial charge is 0.117 e. The van der Waals surface area contributed by atoms with Crippen LogP contribution >= 0.6 is 0 Å². The molecule has 0 amide bonds. The molecule has 0 radical (unpaired) electrons. The summed E-state index contributed by atoms with van der Waals surface area (Å²) in [6, 6.07) is 5.04. The standard InChI is InChI=1S/C15H27N3O2/c1-4-20-11-10-17(2)8-5-9-18(3)15-12-13(19)6-7-14(15)16/h6-7,12,19H,4-5,8-11,16H2,1-3H3. The zero-order chi connectivity index (χ0) is 15.0. The van der Waals surface area contributed by atoms with Crippen LogP contribution in [-0.4, -0.2) is 56.9 Å². The van der Waals surface area contributed by atoms with Gasteiger partial charge in [-0.15, -0.1) is 0 Å². The van der Waals surface area contributed by atoms with Gasteiger partial charge in [-0.2, -0.15) is 0 Å². The van der Waals surface area contributed by atoms with Crippen molar-refractivity contribution in [1.29, 1.82) is 0 Å². The van der Waals surface area contributed by atoms with Crippen LogP contribution < -0.4 is 10.6 Å². The minimum absolute atomic E-state index is 0.245. The summed E-state index contributed by atoms with van der Waals surface area (Å²) in [5.74, 6) is 0.245. The van der Waals surface area contributed by atoms with Crippen LogP contribution in [0, 0.1) is 0 Å². The third kappa shape index (κ3) is 5.67. The number of nitrogens with two attached hydrogens (primary N) is 1. The Morgan fingerprint density at radius 3 is 2.65 bits per heavy atom. The van der Waals surface area contributed by atoms with E-state index >= 15 is 0 Å². The number of benzene rings is 1. The molecule has 0 saturated carbocycles. The molecule has 3 N–H and O–H groups in total. The first-order chi connectivity index (χ1) is 9.54. The van der Waals surface area contributed by atoms with Gasteiger partial charge in [-0.3, -0.25) is 0 Å². The molecule has 0 unspecified atom stereocenters. The molecule has 0 heterocycles. The number of phenols is 1. The van der Waals surface area contributed by atoms with Crippen molar-refractivity contribution >= 4 is 11.4 Å². The first-order valence-corrected chi connectivity index (χ1v) is 7.10. The van der Waals surface area contributed by atoms with E-state index in [1.54, 1.807) is 18.2 Å². The van der Waals surface area contributed by atoms with E-state index in [1.807, 2.05) is 14.0 Å². The van der Waals surface area contributed by atoms with Crippen molar-refractivity contribution in [1.82, 2.24) is 4.90 Å². The number of nitrogens with zero attached hydrogens (tertiary/aromatic N) is 2. The Balaban J connectivity index is 2.32. The average Bonchev–Trinajstić information content (AvgIpc) is 2.41. The molecular formula is C15H27N3O2. The number of rotatable bonds is 9. The highest BCUT2D eigenvalue weighted by atomic mass is 16.5. The van der Waals surface area contributed by atoms with Gasteiger partial charge in [0.05, 0.1) is 18.0 Å². The van der Waals surface area contributed by atoms with Gasteiger partial charge in [0.25, 0.3) is 0 Å². The van der Waals surface area contributed by atoms with E-state index in [2.05, 4.69) is 16.8 Å². The lowest BCUT2D eigenvalue weighted by atomic mass is 10.2. The Kier molecular flexibility index (Phi) is 7.18. The van der Waals surface area contributed by atoms with Gasteiger partial charge in [0, 0.05) is 32.8 Å². The van der Waals surface area contributed by atoms with Crippen LogP contribution in [0.4, 0.5) is 11.4 Å². The SMILES string of the molecule is CCOCCN(C)CCCN(C)c1cc(O)ccc1N. The van der Waals surface area contributed by atoms with Gasteiger partial charge in [0.1, 0.15) is 5.75 Å². The van der Waals surface area contributed by atoms with E-state index in [4.69, 9.17) is 10.5 Å². The summed E-state index contributed by atoms with van der Waals surface area (Å²) >= 11 is 0. The quantitative estimate of drug-likeness (QED) is 0.410. The number of likely N-dealkylation sites (N-methyl/N-ethyl adjacent to an activating group) is 1. The Bertz CT molecular complexity index is 399. The van der Waals surface area contributed by atoms with Crippen LogP contribution in [-0.2, 0) is 4.74 Å². The summed E-state index contributed by atoms with van der Waals surface area (Å²) in [5.41, 5.74) is 7.49. The molecule has 20 heavy (non-hydrogen) atoms. The molecule has 1 aromatic rings. The lowest BCUT2D eigenvalue weighted by Gasteiger charge is -2.23. The molecule has 1 aromatic carbocycles. The first kappa shape index (κ1) is 16.6. The van der Waals surface area contributed by atoms with Crippen molar-refractivity contribution in [3.05, 3.63) is 18.2 Å². The van der Waals surface area contributed by atoms with Crippen molar-refractivity contribution in [3.8, 4) is 5.75 Å². The maximum atomic E-state index is 9.52. The maximum Gasteiger partial charge on any atom is 0.117 e. The monoisotopic (exact) mass is 281 g/mol. The molecule has 0 saturated heterocycles. The van der Waals surface area contributed by atoms with Gasteiger partial charge in [-0.25, -0.2) is 0 Å². The highest BCUT2D eigenvalue weighted by Crippen LogP contribution is 2.26. The Hall–Kier alpha value is -1.46. The molecule has 0 aliphatic carbocycles. The Labute approximate surface area is 121 Å². The molecule has 0 atom stereocenters. The van der Waals surface area contributed by atoms with Crippen LogP contribution in [0.2, 0.25) is 0 Å². The van der Waals surface area contributed by atoms with Crippen LogP contribution in [0.15, 0.2) is 18.2 Å². The van der Waals surface area contributed by atoms with Gasteiger partial charge in [-0.1, -0.05) is 0 Å². The number of phenolic OH excluding ortho intramolecular Hbond substituents is 1. The summed E-state index contributed by atoms with van der Waals surface area (Å²) in [5, 5.41) is 9.52. The molecule has 0 bridgehead atoms. The normalized spacial score (nSPS) is 11.0. The highest BCUT2D eigenvalue weighted by molar-refractivity contribution is 5.69. The third-order valence-corrected chi connectivity index (χ3v) is 3.28. The van der Waals surface area contributed by atoms with Gasteiger partial charge >= 0.3 is 0 Å². The zero-order valence-electron chi connectivity index (χ0n) is 12.8. The fourth-order valence-corrected chi connectivity index (χ4v) is 2.04. The fourth-order valence-electron chi connectivity index (χ4n) is 2.04. The molecule has 5 heteroatoms. The highest BCUT2D eigenvalue weighted by Gasteiger charge is 2.07. The first-order valence-electron chi connectivity index (χ1n) is 7.10. The van der Waals surface area contributed by atoms with Gasteiger partial charge in [-0.05, 0) is 39.1 Å². The van der Waals surface area contributed by atoms with Crippen molar-refractivity contribution in [2.75, 3.05) is 57.6 Å². The Morgan fingerprint density at radius 1 is 1.20 bits per heavy atom. The van der Waals surface area contributed by atoms with E-state index in [9.17, 15) is 5.11 Å².